The number of aliphatic hydroxyl groups is 2. The van der Waals surface area contributed by atoms with Crippen LogP contribution in [0.2, 0.25) is 0 Å². The summed E-state index contributed by atoms with van der Waals surface area (Å²) in [6.07, 6.45) is 1.09. The highest BCUT2D eigenvalue weighted by atomic mass is 79.9. The number of carbonyl (C=O) groups is 1. The Bertz CT molecular complexity index is 1350. The van der Waals surface area contributed by atoms with E-state index in [1.54, 1.807) is 36.4 Å². The maximum atomic E-state index is 14.3. The van der Waals surface area contributed by atoms with E-state index in [1.807, 2.05) is 72.8 Å². The van der Waals surface area contributed by atoms with Crippen LogP contribution >= 0.6 is 63.7 Å². The normalized spacial score (nSPS) is 13.7. The topological polar surface area (TPSA) is 57.5 Å². The molecule has 2 unspecified atom stereocenters. The lowest BCUT2D eigenvalue weighted by molar-refractivity contribution is -0.108. The molecule has 3 nitrogen and oxygen atoms in total. The number of rotatable bonds is 8. The van der Waals surface area contributed by atoms with Crippen LogP contribution in [0.1, 0.15) is 34.5 Å². The number of hydrogen-bond acceptors (Lipinski definition) is 3. The molecule has 0 bridgehead atoms. The molecule has 192 valence electrons. The average Bonchev–Trinajstić information content (AvgIpc) is 2.92. The van der Waals surface area contributed by atoms with Crippen molar-refractivity contribution in [3.8, 4) is 0 Å². The largest absolute Gasteiger partial charge is 0.384 e. The fourth-order valence-electron chi connectivity index (χ4n) is 3.84. The Kier molecular flexibility index (Phi) is 10.1. The van der Waals surface area contributed by atoms with Crippen molar-refractivity contribution < 1.29 is 15.0 Å². The van der Waals surface area contributed by atoms with Crippen LogP contribution in [0.4, 0.5) is 0 Å². The summed E-state index contributed by atoms with van der Waals surface area (Å²) in [7, 11) is 0. The molecule has 0 aliphatic heterocycles. The molecule has 0 heterocycles. The third-order valence-electron chi connectivity index (χ3n) is 5.87. The first-order valence-electron chi connectivity index (χ1n) is 11.6. The molecular formula is C31H22Br4O3. The van der Waals surface area contributed by atoms with Gasteiger partial charge in [0.15, 0.2) is 5.78 Å². The third-order valence-corrected chi connectivity index (χ3v) is 7.99. The standard InChI is InChI=1S/C31H22Br4O3/c32-23-9-1-19(2-10-23)27(17-29(36)21-5-13-25(34)14-6-21)31(38)28(20-3-11-24(33)12-4-20)18-30(37)22-7-15-26(35)16-8-22/h1-18,29-30,36-37H. The van der Waals surface area contributed by atoms with Gasteiger partial charge in [-0.2, -0.15) is 0 Å². The van der Waals surface area contributed by atoms with Crippen LogP contribution in [0.15, 0.2) is 127 Å². The smallest absolute Gasteiger partial charge is 0.193 e. The summed E-state index contributed by atoms with van der Waals surface area (Å²) in [5.41, 5.74) is 3.25. The van der Waals surface area contributed by atoms with Crippen molar-refractivity contribution in [2.24, 2.45) is 0 Å². The van der Waals surface area contributed by atoms with Gasteiger partial charge < -0.3 is 10.2 Å². The summed E-state index contributed by atoms with van der Waals surface area (Å²) in [4.78, 5) is 14.3. The maximum Gasteiger partial charge on any atom is 0.193 e. The van der Waals surface area contributed by atoms with Gasteiger partial charge in [0.2, 0.25) is 0 Å². The van der Waals surface area contributed by atoms with Crippen molar-refractivity contribution in [3.63, 3.8) is 0 Å². The number of benzene rings is 4. The first-order valence-corrected chi connectivity index (χ1v) is 14.8. The van der Waals surface area contributed by atoms with E-state index in [0.717, 1.165) is 17.9 Å². The second-order valence-corrected chi connectivity index (χ2v) is 12.2. The molecule has 0 aliphatic carbocycles. The van der Waals surface area contributed by atoms with Crippen molar-refractivity contribution in [3.05, 3.63) is 149 Å². The van der Waals surface area contributed by atoms with Crippen LogP contribution in [0.3, 0.4) is 0 Å². The molecule has 38 heavy (non-hydrogen) atoms. The van der Waals surface area contributed by atoms with Crippen LogP contribution in [0.5, 0.6) is 0 Å². The Morgan fingerprint density at radius 3 is 1.05 bits per heavy atom. The number of hydrogen-bond donors (Lipinski definition) is 2. The van der Waals surface area contributed by atoms with Crippen LogP contribution in [0.25, 0.3) is 11.1 Å². The van der Waals surface area contributed by atoms with Crippen molar-refractivity contribution in [1.29, 1.82) is 0 Å². The highest BCUT2D eigenvalue weighted by Crippen LogP contribution is 2.32. The van der Waals surface area contributed by atoms with Gasteiger partial charge in [-0.1, -0.05) is 112 Å². The van der Waals surface area contributed by atoms with Crippen molar-refractivity contribution in [1.82, 2.24) is 0 Å². The molecule has 2 N–H and O–H groups in total. The van der Waals surface area contributed by atoms with Gasteiger partial charge in [-0.25, -0.2) is 0 Å². The number of Topliss-reactive ketones (excluding diaryl/α,β-unsaturated/α-hetero) is 1. The summed E-state index contributed by atoms with van der Waals surface area (Å²) < 4.78 is 3.53. The van der Waals surface area contributed by atoms with Gasteiger partial charge in [0, 0.05) is 29.0 Å². The summed E-state index contributed by atoms with van der Waals surface area (Å²) in [6, 6.07) is 29.3. The number of aliphatic hydroxyl groups excluding tert-OH is 2. The van der Waals surface area contributed by atoms with Gasteiger partial charge in [0.1, 0.15) is 0 Å². The van der Waals surface area contributed by atoms with Crippen LogP contribution in [0, 0.1) is 0 Å². The van der Waals surface area contributed by atoms with E-state index in [9.17, 15) is 15.0 Å². The van der Waals surface area contributed by atoms with Crippen LogP contribution < -0.4 is 0 Å². The molecule has 0 spiro atoms. The minimum atomic E-state index is -1.02. The molecule has 0 saturated heterocycles. The molecule has 0 radical (unpaired) electrons. The first kappa shape index (κ1) is 28.9. The zero-order valence-corrected chi connectivity index (χ0v) is 26.2. The molecule has 0 saturated carbocycles. The second-order valence-electron chi connectivity index (χ2n) is 8.50. The van der Waals surface area contributed by atoms with E-state index >= 15 is 0 Å². The molecule has 0 aromatic heterocycles. The molecule has 0 fully saturated rings. The monoisotopic (exact) mass is 758 g/mol. The van der Waals surface area contributed by atoms with E-state index in [1.165, 1.54) is 0 Å². The summed E-state index contributed by atoms with van der Waals surface area (Å²) in [5, 5.41) is 22.2. The molecule has 0 aliphatic rings. The highest BCUT2D eigenvalue weighted by molar-refractivity contribution is 9.11. The molecule has 4 aromatic carbocycles. The van der Waals surface area contributed by atoms with Gasteiger partial charge in [-0.05, 0) is 82.9 Å². The molecule has 0 amide bonds. The van der Waals surface area contributed by atoms with E-state index in [2.05, 4.69) is 63.7 Å². The quantitative estimate of drug-likeness (QED) is 0.176. The van der Waals surface area contributed by atoms with E-state index in [-0.39, 0.29) is 5.78 Å². The molecule has 7 heteroatoms. The first-order chi connectivity index (χ1) is 18.2. The molecule has 4 aromatic rings. The minimum Gasteiger partial charge on any atom is -0.384 e. The van der Waals surface area contributed by atoms with E-state index < -0.39 is 12.2 Å². The Balaban J connectivity index is 1.84. The van der Waals surface area contributed by atoms with Crippen molar-refractivity contribution in [2.45, 2.75) is 12.2 Å². The maximum absolute atomic E-state index is 14.3. The van der Waals surface area contributed by atoms with Gasteiger partial charge >= 0.3 is 0 Å². The second kappa shape index (κ2) is 13.3. The minimum absolute atomic E-state index is 0.318. The number of allylic oxidation sites excluding steroid dienone is 2. The lowest BCUT2D eigenvalue weighted by atomic mass is 9.89. The summed E-state index contributed by atoms with van der Waals surface area (Å²) >= 11 is 13.7. The Morgan fingerprint density at radius 1 is 0.500 bits per heavy atom. The number of carbonyl (C=O) groups excluding carboxylic acids is 1. The van der Waals surface area contributed by atoms with Gasteiger partial charge in [0.05, 0.1) is 12.2 Å². The SMILES string of the molecule is O=C(C(=CC(O)c1ccc(Br)cc1)c1ccc(Br)cc1)C(=CC(O)c1ccc(Br)cc1)c1ccc(Br)cc1. The lowest BCUT2D eigenvalue weighted by Gasteiger charge is -2.16. The van der Waals surface area contributed by atoms with Crippen molar-refractivity contribution in [2.75, 3.05) is 0 Å². The Labute approximate surface area is 255 Å². The van der Waals surface area contributed by atoms with Crippen LogP contribution in [-0.2, 0) is 4.79 Å². The van der Waals surface area contributed by atoms with Gasteiger partial charge in [0.25, 0.3) is 0 Å². The van der Waals surface area contributed by atoms with E-state index in [0.29, 0.717) is 33.4 Å². The zero-order chi connectivity index (χ0) is 27.2. The highest BCUT2D eigenvalue weighted by Gasteiger charge is 2.22. The predicted octanol–water partition coefficient (Wildman–Crippen LogP) is 9.24. The predicted molar refractivity (Wildman–Crippen MR) is 167 cm³/mol. The zero-order valence-electron chi connectivity index (χ0n) is 19.9. The number of halogens is 4. The summed E-state index contributed by atoms with van der Waals surface area (Å²) in [5.74, 6) is -0.318. The van der Waals surface area contributed by atoms with Crippen molar-refractivity contribution >= 4 is 80.6 Å². The Morgan fingerprint density at radius 2 is 0.763 bits per heavy atom. The fraction of sp³-hybridized carbons (Fsp3) is 0.0645. The molecular weight excluding hydrogens is 740 g/mol. The number of ketones is 1. The molecule has 2 atom stereocenters. The fourth-order valence-corrected chi connectivity index (χ4v) is 4.90. The summed E-state index contributed by atoms with van der Waals surface area (Å²) in [6.45, 7) is 0. The lowest BCUT2D eigenvalue weighted by Crippen LogP contribution is -2.09. The molecule has 4 rings (SSSR count). The van der Waals surface area contributed by atoms with Gasteiger partial charge in [-0.15, -0.1) is 0 Å². The Hall–Kier alpha value is -2.13. The average molecular weight is 762 g/mol. The van der Waals surface area contributed by atoms with Crippen LogP contribution in [-0.4, -0.2) is 16.0 Å². The van der Waals surface area contributed by atoms with Gasteiger partial charge in [-0.3, -0.25) is 4.79 Å². The third kappa shape index (κ3) is 7.50. The van der Waals surface area contributed by atoms with E-state index in [4.69, 9.17) is 0 Å².